The number of aliphatic hydroxyl groups excluding tert-OH is 10. The molecular formula is C94H157N5O34P2-2. The molecule has 1 aromatic heterocycles. The van der Waals surface area contributed by atoms with Crippen molar-refractivity contribution in [2.24, 2.45) is 17.8 Å². The zero-order valence-corrected chi connectivity index (χ0v) is 81.8. The molecule has 41 heteroatoms. The minimum atomic E-state index is -5.18. The Bertz CT molecular complexity index is 3720. The first-order valence-electron chi connectivity index (χ1n) is 49.1. The zero-order chi connectivity index (χ0) is 98.6. The van der Waals surface area contributed by atoms with Gasteiger partial charge in [0, 0.05) is 146 Å². The lowest BCUT2D eigenvalue weighted by molar-refractivity contribution is -0.282. The number of imidazole rings is 1. The molecule has 5 heterocycles. The van der Waals surface area contributed by atoms with Gasteiger partial charge in [-0.25, -0.2) is 4.98 Å². The predicted octanol–water partition coefficient (Wildman–Crippen LogP) is 5.87. The summed E-state index contributed by atoms with van der Waals surface area (Å²) >= 11 is 0. The van der Waals surface area contributed by atoms with Crippen molar-refractivity contribution in [3.63, 3.8) is 0 Å². The van der Waals surface area contributed by atoms with Crippen LogP contribution >= 0.6 is 15.4 Å². The number of amides is 3. The number of carbonyl (C=O) groups is 8. The highest BCUT2D eigenvalue weighted by atomic mass is 31.2. The van der Waals surface area contributed by atoms with E-state index in [1.807, 2.05) is 29.7 Å². The van der Waals surface area contributed by atoms with Gasteiger partial charge >= 0.3 is 0 Å². The van der Waals surface area contributed by atoms with Gasteiger partial charge in [0.05, 0.1) is 126 Å². The van der Waals surface area contributed by atoms with E-state index >= 15 is 0 Å². The third-order valence-corrected chi connectivity index (χ3v) is 28.9. The first-order valence-corrected chi connectivity index (χ1v) is 52.2. The topological polar surface area (TPSA) is 575 Å². The monoisotopic (exact) mass is 1960 g/mol. The molecule has 3 amide bonds. The smallest absolute Gasteiger partial charge is 0.268 e. The molecule has 2 aromatic rings. The second-order valence-corrected chi connectivity index (χ2v) is 41.3. The van der Waals surface area contributed by atoms with Gasteiger partial charge < -0.3 is 142 Å². The highest BCUT2D eigenvalue weighted by Crippen LogP contribution is 2.53. The van der Waals surface area contributed by atoms with E-state index in [1.165, 1.54) is 18.7 Å². The molecule has 22 atom stereocenters. The second kappa shape index (κ2) is 61.7. The summed E-state index contributed by atoms with van der Waals surface area (Å²) < 4.78 is 98.0. The zero-order valence-electron chi connectivity index (χ0n) is 80.0. The molecule has 7 rings (SSSR count). The molecule has 8 unspecified atom stereocenters. The van der Waals surface area contributed by atoms with Crippen LogP contribution in [-0.4, -0.2) is 320 Å². The number of phosphoric acid groups is 1. The molecule has 4 saturated heterocycles. The van der Waals surface area contributed by atoms with Crippen LogP contribution in [0, 0.1) is 24.7 Å². The van der Waals surface area contributed by atoms with E-state index < -0.39 is 175 Å². The van der Waals surface area contributed by atoms with E-state index in [-0.39, 0.29) is 183 Å². The molecule has 1 saturated carbocycles. The number of aryl methyl sites for hydroxylation is 1. The number of hydrogen-bond acceptors (Lipinski definition) is 35. The number of hydrogen-bond donors (Lipinski definition) is 12. The number of nitrogens with zero attached hydrogens (tertiary/aromatic N) is 3. The quantitative estimate of drug-likeness (QED) is 0.0272. The number of carbonyl (C=O) groups excluding carboxylic acids is 8. The van der Waals surface area contributed by atoms with Gasteiger partial charge in [0.1, 0.15) is 78.7 Å². The van der Waals surface area contributed by atoms with Crippen molar-refractivity contribution in [2.75, 3.05) is 99.0 Å². The molecule has 4 aliphatic heterocycles. The molecule has 0 bridgehead atoms. The number of likely N-dealkylation sites (tertiary alicyclic amines) is 1. The summed E-state index contributed by atoms with van der Waals surface area (Å²) in [4.78, 5) is 139. The number of aliphatic hydroxyl groups is 10. The Morgan fingerprint density at radius 2 is 0.881 bits per heavy atom. The Labute approximate surface area is 794 Å². The fourth-order valence-corrected chi connectivity index (χ4v) is 19.2. The van der Waals surface area contributed by atoms with Crippen LogP contribution in [0.5, 0.6) is 0 Å². The molecule has 5 fully saturated rings. The maximum atomic E-state index is 14.3. The fourth-order valence-electron chi connectivity index (χ4n) is 17.4. The second-order valence-electron chi connectivity index (χ2n) is 37.6. The van der Waals surface area contributed by atoms with Crippen molar-refractivity contribution >= 4 is 73.1 Å². The Kier molecular flexibility index (Phi) is 53.4. The molecule has 39 nitrogen and oxygen atoms in total. The largest absolute Gasteiger partial charge is 0.778 e. The van der Waals surface area contributed by atoms with Gasteiger partial charge in [-0.3, -0.25) is 42.9 Å². The maximum Gasteiger partial charge on any atom is 0.268 e. The van der Waals surface area contributed by atoms with Crippen LogP contribution in [0.2, 0.25) is 0 Å². The minimum absolute atomic E-state index is 0.0192. The molecule has 774 valence electrons. The van der Waals surface area contributed by atoms with Crippen LogP contribution in [-0.2, 0) is 104 Å². The van der Waals surface area contributed by atoms with Gasteiger partial charge in [0.25, 0.3) is 7.82 Å². The van der Waals surface area contributed by atoms with Crippen molar-refractivity contribution < 1.29 is 165 Å². The van der Waals surface area contributed by atoms with E-state index in [0.29, 0.717) is 167 Å². The number of benzene rings is 1. The highest BCUT2D eigenvalue weighted by molar-refractivity contribution is 7.52. The van der Waals surface area contributed by atoms with Crippen molar-refractivity contribution in [3.05, 3.63) is 30.1 Å². The summed E-state index contributed by atoms with van der Waals surface area (Å²) in [5.41, 5.74) is 0.113. The maximum absolute atomic E-state index is 14.3. The predicted molar refractivity (Wildman–Crippen MR) is 487 cm³/mol. The number of unbranched alkanes of at least 4 members (excludes halogenated alkanes) is 13. The highest BCUT2D eigenvalue weighted by Gasteiger charge is 2.47. The average Bonchev–Trinajstić information content (AvgIpc) is 1.62. The number of Topliss-reactive ketones (excluding diaryl/α,β-unsaturated/α-hetero) is 5. The van der Waals surface area contributed by atoms with E-state index in [9.17, 15) is 108 Å². The summed E-state index contributed by atoms with van der Waals surface area (Å²) in [5.74, 6) is -2.64. The van der Waals surface area contributed by atoms with Crippen molar-refractivity contribution in [3.8, 4) is 0 Å². The molecule has 5 aliphatic rings. The van der Waals surface area contributed by atoms with Crippen LogP contribution in [0.3, 0.4) is 0 Å². The summed E-state index contributed by atoms with van der Waals surface area (Å²) in [6.45, 7) is 7.99. The number of nitrogens with one attached hydrogen (secondary N) is 2. The lowest BCUT2D eigenvalue weighted by Gasteiger charge is -2.40. The van der Waals surface area contributed by atoms with Crippen molar-refractivity contribution in [1.82, 2.24) is 25.1 Å². The molecule has 135 heavy (non-hydrogen) atoms. The number of fused-ring (bicyclic) bond motifs is 1. The minimum Gasteiger partial charge on any atom is -0.778 e. The molecule has 1 aliphatic carbocycles. The van der Waals surface area contributed by atoms with E-state index in [2.05, 4.69) is 15.6 Å². The Balaban J connectivity index is 0.888. The standard InChI is InChI=1S/C94H159N5O34P2/c1-62(2)134(118,119)132-76-51-67(99-61-96-84-63(3)28-27-37-75(84)99)52-77(76)133-135(120,121)128-57-68-50-74(108)53-98(68)83(111)39-18-10-8-7-9-17-38-82(110)97-94(58-122-47-40-72(106)31-15-11-13-29-69(103)34-20-24-44-125-91-64(4)85(112)88(115)78(54-100)129-91,59-123-48-41-73(107)32-16-12-14-30-70(104)35-21-25-45-126-92-65(5)86(113)89(116)79(55-101)130-92)60-124-49-42-81(109)95-43-23-19-33-71(105)36-22-26-46-127-93-66(6)87(114)90(117)80(56-102)131-93/h27-28,37,61-62,64-68,74,76-80,85-93,100-102,108,112-117H,7-26,29-36,38-60H2,1-6H3,(H,95,109)(H,97,110)(H,118,119)(H,120,121)/p-2/t64?,65?,66?,67-,68-,74+,76+,77+,78?,79?,80?,85-,86-,87-,88+,89+,90+,91-,92-,93-,94?/m1/s1. The Morgan fingerprint density at radius 3 is 1.33 bits per heavy atom. The molecule has 0 radical (unpaired) electrons. The first kappa shape index (κ1) is 117. The van der Waals surface area contributed by atoms with Crippen molar-refractivity contribution in [1.29, 1.82) is 0 Å². The third-order valence-electron chi connectivity index (χ3n) is 26.0. The number of β-amino-alcohol motifs (C(OH)–C–C–N with tert-alkyl or cyclic N) is 1. The summed E-state index contributed by atoms with van der Waals surface area (Å²) in [5, 5.41) is 107. The van der Waals surface area contributed by atoms with Gasteiger partial charge in [-0.2, -0.15) is 0 Å². The lowest BCUT2D eigenvalue weighted by Crippen LogP contribution is -2.58. The van der Waals surface area contributed by atoms with E-state index in [0.717, 1.165) is 16.6 Å². The SMILES string of the molecule is Cc1cccc2c1ncn2[C@H]1C[C@H](OP(=O)([O-])OC[C@H]2C[C@H](O)CN2C(=O)CCCCCCCCC(=O)NC(COCCC(=O)CCCCCC(=O)CCCCO[C@@H]2OC(CO)[C@H](O)[C@H](O)C2C)(COCCC(=O)CCCCCC(=O)CCCCO[C@@H]2OC(CO)[C@H](O)[C@H](O)C2C)COCCC(=O)NCCCCC(=O)CCCCO[C@@H]2OC(CO)[C@H](O)[C@H](O)C2C)[C@@H](OP(=O)([O-])C(C)C)C1. The van der Waals surface area contributed by atoms with Crippen molar-refractivity contribution in [2.45, 2.75) is 388 Å². The first-order chi connectivity index (χ1) is 64.5. The van der Waals surface area contributed by atoms with Crippen LogP contribution < -0.4 is 20.4 Å². The summed E-state index contributed by atoms with van der Waals surface area (Å²) in [6, 6.07) is 4.38. The Morgan fingerprint density at radius 1 is 0.489 bits per heavy atom. The Hall–Kier alpha value is -5.05. The number of aromatic nitrogens is 2. The number of rotatable bonds is 72. The third kappa shape index (κ3) is 40.7. The van der Waals surface area contributed by atoms with Gasteiger partial charge in [0.15, 0.2) is 18.9 Å². The number of ether oxygens (including phenoxy) is 9. The average molecular weight is 1960 g/mol. The normalized spacial score (nSPS) is 27.4. The van der Waals surface area contributed by atoms with Gasteiger partial charge in [0.2, 0.25) is 17.7 Å². The number of para-hydroxylation sites is 1. The molecular weight excluding hydrogens is 1800 g/mol. The number of ketones is 5. The van der Waals surface area contributed by atoms with Crippen LogP contribution in [0.4, 0.5) is 0 Å². The number of phosphoric ester groups is 1. The van der Waals surface area contributed by atoms with Crippen LogP contribution in [0.25, 0.3) is 11.0 Å². The van der Waals surface area contributed by atoms with Gasteiger partial charge in [-0.1, -0.05) is 85.3 Å². The summed E-state index contributed by atoms with van der Waals surface area (Å²) in [6.07, 6.45) is -0.303. The fraction of sp³-hybridized carbons (Fsp3) is 0.840. The lowest BCUT2D eigenvalue weighted by atomic mass is 9.92. The van der Waals surface area contributed by atoms with Crippen LogP contribution in [0.15, 0.2) is 24.5 Å². The van der Waals surface area contributed by atoms with Gasteiger partial charge in [-0.05, 0) is 128 Å². The summed E-state index contributed by atoms with van der Waals surface area (Å²) in [7, 11) is -9.65. The molecule has 12 N–H and O–H groups in total. The molecule has 1 aromatic carbocycles. The molecule has 0 spiro atoms. The van der Waals surface area contributed by atoms with E-state index in [1.54, 1.807) is 27.1 Å². The van der Waals surface area contributed by atoms with E-state index in [4.69, 9.17) is 56.2 Å². The van der Waals surface area contributed by atoms with Gasteiger partial charge in [-0.15, -0.1) is 0 Å². The van der Waals surface area contributed by atoms with Crippen LogP contribution in [0.1, 0.15) is 277 Å².